The average molecular weight is 283 g/mol. The Morgan fingerprint density at radius 2 is 2.33 bits per heavy atom. The standard InChI is InChI=1S/C11H11BrN2S/c1-8-2-3-9(6-10(8)12)7-14-11-13-4-5-15-11/h2-6H,7H2,1H3,(H,13,14). The van der Waals surface area contributed by atoms with Crippen molar-refractivity contribution in [3.8, 4) is 0 Å². The Labute approximate surface area is 101 Å². The summed E-state index contributed by atoms with van der Waals surface area (Å²) in [6.45, 7) is 2.90. The van der Waals surface area contributed by atoms with Crippen molar-refractivity contribution < 1.29 is 0 Å². The fourth-order valence-corrected chi connectivity index (χ4v) is 2.19. The molecule has 15 heavy (non-hydrogen) atoms. The first-order valence-electron chi connectivity index (χ1n) is 4.64. The van der Waals surface area contributed by atoms with E-state index in [-0.39, 0.29) is 0 Å². The van der Waals surface area contributed by atoms with Gasteiger partial charge in [0.05, 0.1) is 0 Å². The van der Waals surface area contributed by atoms with Crippen LogP contribution in [-0.4, -0.2) is 4.98 Å². The molecule has 1 aromatic heterocycles. The summed E-state index contributed by atoms with van der Waals surface area (Å²) in [6, 6.07) is 6.37. The SMILES string of the molecule is Cc1ccc(CNc2nccs2)cc1Br. The van der Waals surface area contributed by atoms with Crippen LogP contribution in [-0.2, 0) is 6.54 Å². The first kappa shape index (κ1) is 10.6. The van der Waals surface area contributed by atoms with E-state index >= 15 is 0 Å². The lowest BCUT2D eigenvalue weighted by atomic mass is 10.1. The fraction of sp³-hybridized carbons (Fsp3) is 0.182. The van der Waals surface area contributed by atoms with Gasteiger partial charge in [-0.25, -0.2) is 4.98 Å². The van der Waals surface area contributed by atoms with Crippen molar-refractivity contribution in [1.29, 1.82) is 0 Å². The lowest BCUT2D eigenvalue weighted by Crippen LogP contribution is -1.98. The third-order valence-electron chi connectivity index (χ3n) is 2.11. The number of halogens is 1. The normalized spacial score (nSPS) is 10.3. The van der Waals surface area contributed by atoms with Gasteiger partial charge >= 0.3 is 0 Å². The minimum absolute atomic E-state index is 0.812. The fourth-order valence-electron chi connectivity index (χ4n) is 1.23. The smallest absolute Gasteiger partial charge is 0.182 e. The molecule has 0 saturated heterocycles. The summed E-state index contributed by atoms with van der Waals surface area (Å²) < 4.78 is 1.15. The summed E-state index contributed by atoms with van der Waals surface area (Å²) in [5.74, 6) is 0. The molecular formula is C11H11BrN2S. The van der Waals surface area contributed by atoms with Crippen molar-refractivity contribution in [2.45, 2.75) is 13.5 Å². The van der Waals surface area contributed by atoms with Crippen molar-refractivity contribution in [2.75, 3.05) is 5.32 Å². The summed E-state index contributed by atoms with van der Waals surface area (Å²) in [4.78, 5) is 4.17. The third kappa shape index (κ3) is 2.79. The van der Waals surface area contributed by atoms with E-state index in [0.717, 1.165) is 16.1 Å². The topological polar surface area (TPSA) is 24.9 Å². The number of nitrogens with zero attached hydrogens (tertiary/aromatic N) is 1. The number of rotatable bonds is 3. The molecule has 0 radical (unpaired) electrons. The predicted octanol–water partition coefficient (Wildman–Crippen LogP) is 3.83. The molecule has 4 heteroatoms. The lowest BCUT2D eigenvalue weighted by Gasteiger charge is -2.05. The molecule has 0 fully saturated rings. The Bertz CT molecular complexity index is 440. The molecule has 1 N–H and O–H groups in total. The Morgan fingerprint density at radius 1 is 1.47 bits per heavy atom. The van der Waals surface area contributed by atoms with Crippen molar-refractivity contribution in [3.63, 3.8) is 0 Å². The highest BCUT2D eigenvalue weighted by Crippen LogP contribution is 2.18. The van der Waals surface area contributed by atoms with Crippen molar-refractivity contribution in [2.24, 2.45) is 0 Å². The van der Waals surface area contributed by atoms with Crippen LogP contribution >= 0.6 is 27.3 Å². The van der Waals surface area contributed by atoms with Gasteiger partial charge in [0.15, 0.2) is 5.13 Å². The quantitative estimate of drug-likeness (QED) is 0.926. The first-order chi connectivity index (χ1) is 7.25. The van der Waals surface area contributed by atoms with E-state index < -0.39 is 0 Å². The van der Waals surface area contributed by atoms with Gasteiger partial charge in [-0.05, 0) is 24.1 Å². The van der Waals surface area contributed by atoms with Crippen LogP contribution in [0.2, 0.25) is 0 Å². The van der Waals surface area contributed by atoms with Gasteiger partial charge in [-0.3, -0.25) is 0 Å². The van der Waals surface area contributed by atoms with E-state index in [1.807, 2.05) is 5.38 Å². The van der Waals surface area contributed by atoms with Crippen molar-refractivity contribution >= 4 is 32.4 Å². The minimum Gasteiger partial charge on any atom is -0.357 e. The number of aryl methyl sites for hydroxylation is 1. The van der Waals surface area contributed by atoms with Gasteiger partial charge in [0.1, 0.15) is 0 Å². The average Bonchev–Trinajstić information content (AvgIpc) is 2.73. The molecule has 0 aliphatic rings. The zero-order chi connectivity index (χ0) is 10.7. The van der Waals surface area contributed by atoms with E-state index in [2.05, 4.69) is 51.4 Å². The van der Waals surface area contributed by atoms with Crippen LogP contribution < -0.4 is 5.32 Å². The van der Waals surface area contributed by atoms with Crippen molar-refractivity contribution in [3.05, 3.63) is 45.4 Å². The molecule has 78 valence electrons. The van der Waals surface area contributed by atoms with Crippen LogP contribution in [0.1, 0.15) is 11.1 Å². The molecular weight excluding hydrogens is 272 g/mol. The maximum atomic E-state index is 4.17. The van der Waals surface area contributed by atoms with Crippen LogP contribution in [0.3, 0.4) is 0 Å². The van der Waals surface area contributed by atoms with Crippen LogP contribution in [0.4, 0.5) is 5.13 Å². The summed E-state index contributed by atoms with van der Waals surface area (Å²) in [5.41, 5.74) is 2.51. The highest BCUT2D eigenvalue weighted by atomic mass is 79.9. The van der Waals surface area contributed by atoms with Gasteiger partial charge in [0.2, 0.25) is 0 Å². The van der Waals surface area contributed by atoms with Gasteiger partial charge in [0.25, 0.3) is 0 Å². The lowest BCUT2D eigenvalue weighted by molar-refractivity contribution is 1.13. The number of nitrogens with one attached hydrogen (secondary N) is 1. The summed E-state index contributed by atoms with van der Waals surface area (Å²) in [5, 5.41) is 6.20. The Morgan fingerprint density at radius 3 is 3.00 bits per heavy atom. The second-order valence-corrected chi connectivity index (χ2v) is 5.02. The second-order valence-electron chi connectivity index (χ2n) is 3.27. The molecule has 0 spiro atoms. The number of anilines is 1. The van der Waals surface area contributed by atoms with Gasteiger partial charge in [0, 0.05) is 22.6 Å². The number of thiazole rings is 1. The summed E-state index contributed by atoms with van der Waals surface area (Å²) in [7, 11) is 0. The zero-order valence-electron chi connectivity index (χ0n) is 8.33. The molecule has 0 unspecified atom stereocenters. The van der Waals surface area contributed by atoms with E-state index in [4.69, 9.17) is 0 Å². The Kier molecular flexibility index (Phi) is 3.38. The molecule has 2 nitrogen and oxygen atoms in total. The Hall–Kier alpha value is -0.870. The van der Waals surface area contributed by atoms with Crippen LogP contribution in [0, 0.1) is 6.92 Å². The molecule has 0 aliphatic heterocycles. The largest absolute Gasteiger partial charge is 0.357 e. The Balaban J connectivity index is 2.02. The molecule has 0 amide bonds. The number of benzene rings is 1. The third-order valence-corrected chi connectivity index (χ3v) is 3.70. The van der Waals surface area contributed by atoms with Gasteiger partial charge in [-0.15, -0.1) is 11.3 Å². The van der Waals surface area contributed by atoms with E-state index in [1.54, 1.807) is 17.5 Å². The van der Waals surface area contributed by atoms with Gasteiger partial charge in [-0.1, -0.05) is 28.1 Å². The maximum absolute atomic E-state index is 4.17. The monoisotopic (exact) mass is 282 g/mol. The summed E-state index contributed by atoms with van der Waals surface area (Å²) >= 11 is 5.14. The number of aromatic nitrogens is 1. The molecule has 0 aliphatic carbocycles. The molecule has 2 aromatic rings. The zero-order valence-corrected chi connectivity index (χ0v) is 10.7. The van der Waals surface area contributed by atoms with Crippen LogP contribution in [0.25, 0.3) is 0 Å². The van der Waals surface area contributed by atoms with E-state index in [1.165, 1.54) is 11.1 Å². The van der Waals surface area contributed by atoms with Gasteiger partial charge < -0.3 is 5.32 Å². The van der Waals surface area contributed by atoms with Crippen LogP contribution in [0.5, 0.6) is 0 Å². The molecule has 2 rings (SSSR count). The molecule has 0 bridgehead atoms. The van der Waals surface area contributed by atoms with Crippen LogP contribution in [0.15, 0.2) is 34.2 Å². The number of hydrogen-bond acceptors (Lipinski definition) is 3. The van der Waals surface area contributed by atoms with Gasteiger partial charge in [-0.2, -0.15) is 0 Å². The van der Waals surface area contributed by atoms with E-state index in [9.17, 15) is 0 Å². The molecule has 1 aromatic carbocycles. The summed E-state index contributed by atoms with van der Waals surface area (Å²) in [6.07, 6.45) is 1.80. The highest BCUT2D eigenvalue weighted by molar-refractivity contribution is 9.10. The first-order valence-corrected chi connectivity index (χ1v) is 6.31. The maximum Gasteiger partial charge on any atom is 0.182 e. The molecule has 0 saturated carbocycles. The van der Waals surface area contributed by atoms with E-state index in [0.29, 0.717) is 0 Å². The molecule has 0 atom stereocenters. The predicted molar refractivity (Wildman–Crippen MR) is 68.3 cm³/mol. The number of hydrogen-bond donors (Lipinski definition) is 1. The minimum atomic E-state index is 0.812. The second kappa shape index (κ2) is 4.77. The molecule has 1 heterocycles. The van der Waals surface area contributed by atoms with Crippen molar-refractivity contribution in [1.82, 2.24) is 4.98 Å². The highest BCUT2D eigenvalue weighted by Gasteiger charge is 1.98.